The van der Waals surface area contributed by atoms with Crippen LogP contribution in [0.3, 0.4) is 0 Å². The van der Waals surface area contributed by atoms with Crippen LogP contribution in [0.2, 0.25) is 0 Å². The van der Waals surface area contributed by atoms with Crippen LogP contribution in [-0.4, -0.2) is 45.0 Å². The molecule has 1 aliphatic rings. The summed E-state index contributed by atoms with van der Waals surface area (Å²) in [6.07, 6.45) is 14.4. The average molecular weight is 599 g/mol. The number of nitrogens with zero attached hydrogens (tertiary/aromatic N) is 3. The largest absolute Gasteiger partial charge is 0.372 e. The van der Waals surface area contributed by atoms with Crippen LogP contribution in [0.1, 0.15) is 58.2 Å². The van der Waals surface area contributed by atoms with Crippen molar-refractivity contribution < 1.29 is 0 Å². The Kier molecular flexibility index (Phi) is 12.2. The fourth-order valence-corrected chi connectivity index (χ4v) is 5.93. The molecule has 1 N–H and O–H groups in total. The number of hydrogen-bond acceptors (Lipinski definition) is 4. The van der Waals surface area contributed by atoms with E-state index in [2.05, 4.69) is 147 Å². The molecular formula is C41H50N4. The molecule has 3 aromatic carbocycles. The molecule has 0 saturated carbocycles. The highest BCUT2D eigenvalue weighted by Crippen LogP contribution is 2.30. The summed E-state index contributed by atoms with van der Waals surface area (Å²) in [5.74, 6) is 0. The van der Waals surface area contributed by atoms with E-state index in [9.17, 15) is 0 Å². The SMILES string of the molecule is CCN(CC)c1ccc(C(=C/C=C/C(=C2C=CC(=N)C=C2)c2ccc(N(CC)CC)cc2)c2ccc(N(CC)CC)cc2)cc1. The monoisotopic (exact) mass is 598 g/mol. The van der Waals surface area contributed by atoms with Crippen molar-refractivity contribution in [2.75, 3.05) is 54.0 Å². The van der Waals surface area contributed by atoms with Crippen LogP contribution >= 0.6 is 0 Å². The Morgan fingerprint density at radius 1 is 0.511 bits per heavy atom. The summed E-state index contributed by atoms with van der Waals surface area (Å²) < 4.78 is 0. The number of hydrogen-bond donors (Lipinski definition) is 1. The van der Waals surface area contributed by atoms with Crippen molar-refractivity contribution in [1.82, 2.24) is 0 Å². The van der Waals surface area contributed by atoms with Crippen LogP contribution in [0.4, 0.5) is 17.1 Å². The molecule has 0 bridgehead atoms. The van der Waals surface area contributed by atoms with E-state index in [1.165, 1.54) is 33.8 Å². The molecule has 4 heteroatoms. The Balaban J connectivity index is 1.77. The molecule has 0 radical (unpaired) electrons. The van der Waals surface area contributed by atoms with Gasteiger partial charge in [0.15, 0.2) is 0 Å². The van der Waals surface area contributed by atoms with Crippen LogP contribution in [0.5, 0.6) is 0 Å². The molecular weight excluding hydrogens is 548 g/mol. The fraction of sp³-hybridized carbons (Fsp3) is 0.293. The summed E-state index contributed by atoms with van der Waals surface area (Å²) in [6.45, 7) is 19.1. The van der Waals surface area contributed by atoms with E-state index >= 15 is 0 Å². The summed E-state index contributed by atoms with van der Waals surface area (Å²) in [5, 5.41) is 8.02. The molecule has 0 aromatic heterocycles. The summed E-state index contributed by atoms with van der Waals surface area (Å²) in [6, 6.07) is 26.8. The van der Waals surface area contributed by atoms with Crippen molar-refractivity contribution >= 4 is 33.9 Å². The van der Waals surface area contributed by atoms with Gasteiger partial charge >= 0.3 is 0 Å². The van der Waals surface area contributed by atoms with Crippen molar-refractivity contribution in [3.05, 3.63) is 138 Å². The van der Waals surface area contributed by atoms with Gasteiger partial charge in [0.25, 0.3) is 0 Å². The molecule has 0 heterocycles. The molecule has 0 spiro atoms. The Bertz CT molecular complexity index is 1460. The van der Waals surface area contributed by atoms with Crippen LogP contribution in [0.15, 0.2) is 121 Å². The Hall–Kier alpha value is -4.57. The first-order valence-corrected chi connectivity index (χ1v) is 16.6. The van der Waals surface area contributed by atoms with Crippen LogP contribution < -0.4 is 14.7 Å². The average Bonchev–Trinajstić information content (AvgIpc) is 3.08. The van der Waals surface area contributed by atoms with Crippen molar-refractivity contribution in [3.8, 4) is 0 Å². The van der Waals surface area contributed by atoms with Gasteiger partial charge in [-0.3, -0.25) is 0 Å². The molecule has 3 aromatic rings. The number of nitrogens with one attached hydrogen (secondary N) is 1. The van der Waals surface area contributed by atoms with E-state index in [1.807, 2.05) is 24.3 Å². The standard InChI is InChI=1S/C41H50N4/c1-7-43(8-2)37-26-18-33(19-27-37)40(32-16-24-36(42)25-17-32)14-13-15-41(34-20-28-38(29-21-34)44(9-3)10-4)35-22-30-39(31-23-35)45(11-5)12-6/h13-31,42H,7-12H2,1-6H3/b14-13+,40-32?,42-36?. The van der Waals surface area contributed by atoms with Crippen molar-refractivity contribution in [2.24, 2.45) is 0 Å². The van der Waals surface area contributed by atoms with Gasteiger partial charge in [0.2, 0.25) is 0 Å². The van der Waals surface area contributed by atoms with Gasteiger partial charge in [0.1, 0.15) is 0 Å². The van der Waals surface area contributed by atoms with Gasteiger partial charge in [-0.05, 0) is 124 Å². The second kappa shape index (κ2) is 16.5. The van der Waals surface area contributed by atoms with Crippen molar-refractivity contribution in [1.29, 1.82) is 5.41 Å². The lowest BCUT2D eigenvalue weighted by molar-refractivity contribution is 0.866. The summed E-state index contributed by atoms with van der Waals surface area (Å²) >= 11 is 0. The van der Waals surface area contributed by atoms with Crippen LogP contribution in [0.25, 0.3) is 11.1 Å². The molecule has 0 aliphatic heterocycles. The van der Waals surface area contributed by atoms with Gasteiger partial charge in [-0.1, -0.05) is 66.8 Å². The van der Waals surface area contributed by atoms with Crippen molar-refractivity contribution in [2.45, 2.75) is 41.5 Å². The van der Waals surface area contributed by atoms with E-state index < -0.39 is 0 Å². The molecule has 0 unspecified atom stereocenters. The van der Waals surface area contributed by atoms with E-state index in [0.29, 0.717) is 5.71 Å². The van der Waals surface area contributed by atoms with E-state index in [-0.39, 0.29) is 0 Å². The van der Waals surface area contributed by atoms with Crippen LogP contribution in [-0.2, 0) is 0 Å². The molecule has 0 amide bonds. The minimum Gasteiger partial charge on any atom is -0.372 e. The predicted molar refractivity (Wildman–Crippen MR) is 199 cm³/mol. The number of anilines is 3. The minimum atomic E-state index is 0.516. The van der Waals surface area contributed by atoms with Crippen LogP contribution in [0, 0.1) is 5.41 Å². The Morgan fingerprint density at radius 3 is 1.22 bits per heavy atom. The van der Waals surface area contributed by atoms with E-state index in [4.69, 9.17) is 5.41 Å². The zero-order valence-corrected chi connectivity index (χ0v) is 28.1. The fourth-order valence-electron chi connectivity index (χ4n) is 5.93. The highest BCUT2D eigenvalue weighted by Gasteiger charge is 2.11. The smallest absolute Gasteiger partial charge is 0.0540 e. The number of benzene rings is 3. The van der Waals surface area contributed by atoms with E-state index in [1.54, 1.807) is 0 Å². The quantitative estimate of drug-likeness (QED) is 0.188. The van der Waals surface area contributed by atoms with Gasteiger partial charge in [-0.2, -0.15) is 0 Å². The topological polar surface area (TPSA) is 33.6 Å². The zero-order valence-electron chi connectivity index (χ0n) is 28.1. The Labute approximate surface area is 271 Å². The second-order valence-electron chi connectivity index (χ2n) is 11.1. The molecule has 1 aliphatic carbocycles. The molecule has 45 heavy (non-hydrogen) atoms. The zero-order chi connectivity index (χ0) is 32.2. The highest BCUT2D eigenvalue weighted by molar-refractivity contribution is 6.04. The lowest BCUT2D eigenvalue weighted by Gasteiger charge is -2.22. The minimum absolute atomic E-state index is 0.516. The first-order valence-electron chi connectivity index (χ1n) is 16.6. The third-order valence-electron chi connectivity index (χ3n) is 8.64. The summed E-state index contributed by atoms with van der Waals surface area (Å²) in [5.41, 5.74) is 11.2. The molecule has 4 nitrogen and oxygen atoms in total. The second-order valence-corrected chi connectivity index (χ2v) is 11.1. The number of rotatable bonds is 14. The summed E-state index contributed by atoms with van der Waals surface area (Å²) in [4.78, 5) is 7.11. The maximum Gasteiger partial charge on any atom is 0.0540 e. The summed E-state index contributed by atoms with van der Waals surface area (Å²) in [7, 11) is 0. The Morgan fingerprint density at radius 2 is 0.867 bits per heavy atom. The van der Waals surface area contributed by atoms with Gasteiger partial charge in [-0.15, -0.1) is 0 Å². The third-order valence-corrected chi connectivity index (χ3v) is 8.64. The third kappa shape index (κ3) is 8.33. The number of allylic oxidation sites excluding steroid dienone is 9. The first kappa shape index (κ1) is 33.3. The van der Waals surface area contributed by atoms with Gasteiger partial charge in [-0.25, -0.2) is 0 Å². The van der Waals surface area contributed by atoms with Gasteiger partial charge in [0, 0.05) is 56.3 Å². The molecule has 0 atom stereocenters. The van der Waals surface area contributed by atoms with Gasteiger partial charge in [0.05, 0.1) is 5.71 Å². The molecule has 0 fully saturated rings. The predicted octanol–water partition coefficient (Wildman–Crippen LogP) is 9.81. The van der Waals surface area contributed by atoms with Crippen molar-refractivity contribution in [3.63, 3.8) is 0 Å². The van der Waals surface area contributed by atoms with Gasteiger partial charge < -0.3 is 20.1 Å². The highest BCUT2D eigenvalue weighted by atomic mass is 15.1. The molecule has 234 valence electrons. The lowest BCUT2D eigenvalue weighted by atomic mass is 9.94. The van der Waals surface area contributed by atoms with E-state index in [0.717, 1.165) is 56.0 Å². The maximum absolute atomic E-state index is 8.02. The normalized spacial score (nSPS) is 12.5. The molecule has 4 rings (SSSR count). The first-order chi connectivity index (χ1) is 22.0. The maximum atomic E-state index is 8.02. The molecule has 0 saturated heterocycles. The lowest BCUT2D eigenvalue weighted by Crippen LogP contribution is -2.21.